The number of hydrogen-bond acceptors (Lipinski definition) is 6. The van der Waals surface area contributed by atoms with Gasteiger partial charge in [0.25, 0.3) is 10.0 Å². The molecule has 0 radical (unpaired) electrons. The summed E-state index contributed by atoms with van der Waals surface area (Å²) in [7, 11) is -4.00. The summed E-state index contributed by atoms with van der Waals surface area (Å²) >= 11 is 6.87. The molecule has 2 aromatic rings. The molecule has 0 spiro atoms. The molecule has 21 heavy (non-hydrogen) atoms. The number of benzene rings is 1. The Bertz CT molecular complexity index is 817. The normalized spacial score (nSPS) is 11.4. The largest absolute Gasteiger partial charge is 0.478 e. The van der Waals surface area contributed by atoms with E-state index >= 15 is 0 Å². The first-order chi connectivity index (χ1) is 9.70. The van der Waals surface area contributed by atoms with Crippen molar-refractivity contribution < 1.29 is 18.3 Å². The first-order valence-electron chi connectivity index (χ1n) is 5.57. The van der Waals surface area contributed by atoms with Gasteiger partial charge < -0.3 is 5.11 Å². The summed E-state index contributed by atoms with van der Waals surface area (Å²) in [4.78, 5) is 10.9. The van der Waals surface area contributed by atoms with E-state index < -0.39 is 16.0 Å². The number of aromatic nitrogens is 2. The van der Waals surface area contributed by atoms with Crippen LogP contribution < -0.4 is 4.72 Å². The number of nitrogens with one attached hydrogen (secondary N) is 1. The van der Waals surface area contributed by atoms with Crippen LogP contribution in [0.2, 0.25) is 5.02 Å². The van der Waals surface area contributed by atoms with Crippen LogP contribution in [0.1, 0.15) is 20.9 Å². The molecule has 0 saturated heterocycles. The maximum atomic E-state index is 12.3. The highest BCUT2D eigenvalue weighted by Crippen LogP contribution is 2.27. The van der Waals surface area contributed by atoms with Crippen molar-refractivity contribution in [3.8, 4) is 0 Å². The quantitative estimate of drug-likeness (QED) is 0.878. The fraction of sp³-hybridized carbons (Fsp3) is 0.182. The molecule has 7 nitrogen and oxygen atoms in total. The molecule has 2 N–H and O–H groups in total. The number of carbonyl (C=O) groups is 1. The van der Waals surface area contributed by atoms with Gasteiger partial charge in [0, 0.05) is 5.02 Å². The van der Waals surface area contributed by atoms with Crippen molar-refractivity contribution in [2.24, 2.45) is 0 Å². The zero-order valence-corrected chi connectivity index (χ0v) is 13.3. The lowest BCUT2D eigenvalue weighted by Crippen LogP contribution is -2.16. The lowest BCUT2D eigenvalue weighted by Gasteiger charge is -2.10. The third kappa shape index (κ3) is 3.31. The Kier molecular flexibility index (Phi) is 4.17. The van der Waals surface area contributed by atoms with E-state index in [1.165, 1.54) is 19.1 Å². The summed E-state index contributed by atoms with van der Waals surface area (Å²) in [6.07, 6.45) is 0. The summed E-state index contributed by atoms with van der Waals surface area (Å²) in [6.45, 7) is 3.09. The molecule has 10 heteroatoms. The van der Waals surface area contributed by atoms with Crippen LogP contribution in [0.3, 0.4) is 0 Å². The van der Waals surface area contributed by atoms with Crippen LogP contribution in [0, 0.1) is 13.8 Å². The Morgan fingerprint density at radius 1 is 1.33 bits per heavy atom. The first kappa shape index (κ1) is 15.7. The Labute approximate surface area is 129 Å². The van der Waals surface area contributed by atoms with Gasteiger partial charge in [0.1, 0.15) is 5.01 Å². The first-order valence-corrected chi connectivity index (χ1v) is 8.25. The fourth-order valence-electron chi connectivity index (χ4n) is 1.66. The molecule has 0 amide bonds. The van der Waals surface area contributed by atoms with E-state index in [0.717, 1.165) is 11.3 Å². The Hall–Kier alpha value is -1.71. The second kappa shape index (κ2) is 5.58. The van der Waals surface area contributed by atoms with Crippen molar-refractivity contribution in [3.63, 3.8) is 0 Å². The van der Waals surface area contributed by atoms with Crippen molar-refractivity contribution in [2.45, 2.75) is 18.7 Å². The average molecular weight is 348 g/mol. The highest BCUT2D eigenvalue weighted by Gasteiger charge is 2.23. The van der Waals surface area contributed by atoms with Crippen LogP contribution in [0.5, 0.6) is 0 Å². The van der Waals surface area contributed by atoms with Crippen molar-refractivity contribution in [3.05, 3.63) is 33.3 Å². The number of nitrogens with zero attached hydrogens (tertiary/aromatic N) is 2. The van der Waals surface area contributed by atoms with Gasteiger partial charge in [-0.05, 0) is 31.5 Å². The Morgan fingerprint density at radius 3 is 2.52 bits per heavy atom. The SMILES string of the molecule is Cc1nnc(NS(=O)(=O)c2cc(Cl)cc(C(=O)O)c2C)s1. The molecule has 0 fully saturated rings. The van der Waals surface area contributed by atoms with E-state index in [0.29, 0.717) is 5.01 Å². The number of halogens is 1. The summed E-state index contributed by atoms with van der Waals surface area (Å²) in [5, 5.41) is 17.2. The van der Waals surface area contributed by atoms with Crippen LogP contribution in [0.4, 0.5) is 5.13 Å². The molecule has 0 unspecified atom stereocenters. The van der Waals surface area contributed by atoms with Gasteiger partial charge >= 0.3 is 5.97 Å². The van der Waals surface area contributed by atoms with Gasteiger partial charge in [-0.3, -0.25) is 4.72 Å². The van der Waals surface area contributed by atoms with Gasteiger partial charge in [0.2, 0.25) is 5.13 Å². The van der Waals surface area contributed by atoms with Crippen LogP contribution >= 0.6 is 22.9 Å². The highest BCUT2D eigenvalue weighted by atomic mass is 35.5. The zero-order valence-electron chi connectivity index (χ0n) is 10.9. The van der Waals surface area contributed by atoms with Gasteiger partial charge in [-0.25, -0.2) is 13.2 Å². The Balaban J connectivity index is 2.52. The maximum Gasteiger partial charge on any atom is 0.336 e. The van der Waals surface area contributed by atoms with E-state index in [1.807, 2.05) is 0 Å². The van der Waals surface area contributed by atoms with E-state index in [2.05, 4.69) is 14.9 Å². The Morgan fingerprint density at radius 2 is 2.00 bits per heavy atom. The van der Waals surface area contributed by atoms with Crippen LogP contribution in [0.15, 0.2) is 17.0 Å². The summed E-state index contributed by atoms with van der Waals surface area (Å²) in [6, 6.07) is 2.40. The average Bonchev–Trinajstić information content (AvgIpc) is 2.76. The van der Waals surface area contributed by atoms with Crippen molar-refractivity contribution in [2.75, 3.05) is 4.72 Å². The third-order valence-electron chi connectivity index (χ3n) is 2.59. The monoisotopic (exact) mass is 347 g/mol. The number of rotatable bonds is 4. The molecule has 1 aromatic heterocycles. The molecule has 2 rings (SSSR count). The minimum atomic E-state index is -4.00. The van der Waals surface area contributed by atoms with Gasteiger partial charge in [-0.1, -0.05) is 22.9 Å². The molecule has 0 aliphatic rings. The molecular weight excluding hydrogens is 338 g/mol. The lowest BCUT2D eigenvalue weighted by atomic mass is 10.1. The second-order valence-corrected chi connectivity index (χ2v) is 7.38. The number of hydrogen-bond donors (Lipinski definition) is 2. The number of carboxylic acid groups (broad SMARTS) is 1. The minimum Gasteiger partial charge on any atom is -0.478 e. The second-order valence-electron chi connectivity index (χ2n) is 4.11. The molecule has 0 aliphatic carbocycles. The van der Waals surface area contributed by atoms with Crippen molar-refractivity contribution >= 4 is 44.1 Å². The molecule has 0 bridgehead atoms. The smallest absolute Gasteiger partial charge is 0.336 e. The summed E-state index contributed by atoms with van der Waals surface area (Å²) < 4.78 is 26.9. The highest BCUT2D eigenvalue weighted by molar-refractivity contribution is 7.93. The van der Waals surface area contributed by atoms with E-state index in [1.54, 1.807) is 6.92 Å². The predicted molar refractivity (Wildman–Crippen MR) is 78.6 cm³/mol. The van der Waals surface area contributed by atoms with E-state index in [-0.39, 0.29) is 26.2 Å². The zero-order chi connectivity index (χ0) is 15.8. The van der Waals surface area contributed by atoms with Gasteiger partial charge in [-0.2, -0.15) is 0 Å². The number of anilines is 1. The summed E-state index contributed by atoms with van der Waals surface area (Å²) in [5.74, 6) is -1.25. The third-order valence-corrected chi connectivity index (χ3v) is 5.16. The standard InChI is InChI=1S/C11H10ClN3O4S2/c1-5-8(10(16)17)3-7(12)4-9(5)21(18,19)15-11-14-13-6(2)20-11/h3-4H,1-2H3,(H,14,15)(H,16,17). The molecular formula is C11H10ClN3O4S2. The van der Waals surface area contributed by atoms with Crippen LogP contribution in [-0.2, 0) is 10.0 Å². The van der Waals surface area contributed by atoms with E-state index in [4.69, 9.17) is 16.7 Å². The van der Waals surface area contributed by atoms with Crippen LogP contribution in [0.25, 0.3) is 0 Å². The van der Waals surface area contributed by atoms with Crippen molar-refractivity contribution in [1.29, 1.82) is 0 Å². The minimum absolute atomic E-state index is 0.0202. The molecule has 1 heterocycles. The van der Waals surface area contributed by atoms with Gasteiger partial charge in [0.15, 0.2) is 0 Å². The number of aryl methyl sites for hydroxylation is 1. The van der Waals surface area contributed by atoms with Crippen molar-refractivity contribution in [1.82, 2.24) is 10.2 Å². The van der Waals surface area contributed by atoms with E-state index in [9.17, 15) is 13.2 Å². The molecule has 1 aromatic carbocycles. The lowest BCUT2D eigenvalue weighted by molar-refractivity contribution is 0.0696. The number of sulfonamides is 1. The fourth-order valence-corrected chi connectivity index (χ4v) is 4.06. The molecule has 112 valence electrons. The molecule has 0 saturated carbocycles. The maximum absolute atomic E-state index is 12.3. The number of aromatic carboxylic acids is 1. The van der Waals surface area contributed by atoms with Gasteiger partial charge in [0.05, 0.1) is 10.5 Å². The molecule has 0 atom stereocenters. The van der Waals surface area contributed by atoms with Crippen LogP contribution in [-0.4, -0.2) is 29.7 Å². The predicted octanol–water partition coefficient (Wildman–Crippen LogP) is 2.31. The van der Waals surface area contributed by atoms with Gasteiger partial charge in [-0.15, -0.1) is 10.2 Å². The summed E-state index contributed by atoms with van der Waals surface area (Å²) in [5.41, 5.74) is -0.0723. The molecule has 0 aliphatic heterocycles. The topological polar surface area (TPSA) is 109 Å². The number of carboxylic acids is 1.